The molecule has 1 amide bonds. The lowest BCUT2D eigenvalue weighted by atomic mass is 10.4. The molecular formula is C9H18N2O3. The van der Waals surface area contributed by atoms with Crippen molar-refractivity contribution in [2.45, 2.75) is 20.3 Å². The fourth-order valence-electron chi connectivity index (χ4n) is 0.817. The Morgan fingerprint density at radius 2 is 1.93 bits per heavy atom. The van der Waals surface area contributed by atoms with E-state index in [1.54, 1.807) is 6.92 Å². The van der Waals surface area contributed by atoms with Crippen molar-refractivity contribution >= 4 is 11.9 Å². The summed E-state index contributed by atoms with van der Waals surface area (Å²) in [5.74, 6) is -0.438. The van der Waals surface area contributed by atoms with E-state index in [1.165, 1.54) is 0 Å². The highest BCUT2D eigenvalue weighted by atomic mass is 16.5. The summed E-state index contributed by atoms with van der Waals surface area (Å²) in [7, 11) is 0. The molecule has 0 aromatic carbocycles. The summed E-state index contributed by atoms with van der Waals surface area (Å²) in [6.07, 6.45) is 0.906. The zero-order chi connectivity index (χ0) is 10.8. The lowest BCUT2D eigenvalue weighted by Crippen LogP contribution is -2.36. The Balaban J connectivity index is 3.34. The van der Waals surface area contributed by atoms with Crippen molar-refractivity contribution in [1.82, 2.24) is 10.6 Å². The Kier molecular flexibility index (Phi) is 7.83. The van der Waals surface area contributed by atoms with Crippen LogP contribution in [0.25, 0.3) is 0 Å². The van der Waals surface area contributed by atoms with E-state index in [4.69, 9.17) is 0 Å². The quantitative estimate of drug-likeness (QED) is 0.554. The van der Waals surface area contributed by atoms with Crippen LogP contribution in [0.3, 0.4) is 0 Å². The van der Waals surface area contributed by atoms with Crippen molar-refractivity contribution in [3.63, 3.8) is 0 Å². The molecule has 0 aliphatic heterocycles. The Hall–Kier alpha value is -1.10. The molecule has 82 valence electrons. The van der Waals surface area contributed by atoms with Crippen LogP contribution in [-0.4, -0.2) is 38.1 Å². The number of esters is 1. The van der Waals surface area contributed by atoms with E-state index in [1.807, 2.05) is 6.92 Å². The fourth-order valence-corrected chi connectivity index (χ4v) is 0.817. The maximum absolute atomic E-state index is 11.0. The van der Waals surface area contributed by atoms with Gasteiger partial charge in [0.15, 0.2) is 0 Å². The number of carbonyl (C=O) groups is 2. The van der Waals surface area contributed by atoms with Crippen LogP contribution < -0.4 is 10.6 Å². The average molecular weight is 202 g/mol. The summed E-state index contributed by atoms with van der Waals surface area (Å²) in [4.78, 5) is 21.8. The summed E-state index contributed by atoms with van der Waals surface area (Å²) < 4.78 is 4.67. The standard InChI is InChI=1S/C9H18N2O3/c1-3-5-11-8(12)6-10-7-9(13)14-4-2/h10H,3-7H2,1-2H3,(H,11,12). The molecule has 14 heavy (non-hydrogen) atoms. The molecule has 0 spiro atoms. The molecule has 0 saturated heterocycles. The lowest BCUT2D eigenvalue weighted by Gasteiger charge is -2.05. The van der Waals surface area contributed by atoms with Gasteiger partial charge in [0.1, 0.15) is 0 Å². The van der Waals surface area contributed by atoms with E-state index in [-0.39, 0.29) is 25.0 Å². The van der Waals surface area contributed by atoms with E-state index in [0.29, 0.717) is 13.2 Å². The van der Waals surface area contributed by atoms with Crippen molar-refractivity contribution in [2.75, 3.05) is 26.2 Å². The first-order valence-electron chi connectivity index (χ1n) is 4.83. The molecule has 2 N–H and O–H groups in total. The van der Waals surface area contributed by atoms with Crippen LogP contribution in [0.5, 0.6) is 0 Å². The number of carbonyl (C=O) groups excluding carboxylic acids is 2. The van der Waals surface area contributed by atoms with Gasteiger partial charge in [0, 0.05) is 6.54 Å². The predicted octanol–water partition coefficient (Wildman–Crippen LogP) is -0.335. The minimum atomic E-state index is -0.337. The second-order valence-electron chi connectivity index (χ2n) is 2.76. The van der Waals surface area contributed by atoms with Crippen LogP contribution >= 0.6 is 0 Å². The second kappa shape index (κ2) is 8.50. The summed E-state index contributed by atoms with van der Waals surface area (Å²) in [6, 6.07) is 0. The highest BCUT2D eigenvalue weighted by Crippen LogP contribution is 1.75. The number of ether oxygens (including phenoxy) is 1. The normalized spacial score (nSPS) is 9.57. The molecule has 0 atom stereocenters. The summed E-state index contributed by atoms with van der Waals surface area (Å²) in [5.41, 5.74) is 0. The van der Waals surface area contributed by atoms with Gasteiger partial charge < -0.3 is 10.1 Å². The number of hydrogen-bond acceptors (Lipinski definition) is 4. The summed E-state index contributed by atoms with van der Waals surface area (Å²) in [5, 5.41) is 5.38. The second-order valence-corrected chi connectivity index (χ2v) is 2.76. The smallest absolute Gasteiger partial charge is 0.319 e. The van der Waals surface area contributed by atoms with Gasteiger partial charge >= 0.3 is 5.97 Å². The maximum Gasteiger partial charge on any atom is 0.319 e. The van der Waals surface area contributed by atoms with Crippen LogP contribution in [0.15, 0.2) is 0 Å². The minimum Gasteiger partial charge on any atom is -0.465 e. The third-order valence-corrected chi connectivity index (χ3v) is 1.43. The number of rotatable bonds is 7. The molecule has 0 fully saturated rings. The number of hydrogen-bond donors (Lipinski definition) is 2. The van der Waals surface area contributed by atoms with E-state index in [0.717, 1.165) is 6.42 Å². The average Bonchev–Trinajstić information content (AvgIpc) is 2.15. The monoisotopic (exact) mass is 202 g/mol. The van der Waals surface area contributed by atoms with Crippen LogP contribution in [0.2, 0.25) is 0 Å². The Morgan fingerprint density at radius 1 is 1.21 bits per heavy atom. The highest BCUT2D eigenvalue weighted by molar-refractivity contribution is 5.79. The minimum absolute atomic E-state index is 0.0768. The van der Waals surface area contributed by atoms with Gasteiger partial charge in [-0.2, -0.15) is 0 Å². The van der Waals surface area contributed by atoms with Crippen molar-refractivity contribution in [3.8, 4) is 0 Å². The van der Waals surface area contributed by atoms with Crippen LogP contribution in [-0.2, 0) is 14.3 Å². The Morgan fingerprint density at radius 3 is 2.50 bits per heavy atom. The van der Waals surface area contributed by atoms with Crippen molar-refractivity contribution in [3.05, 3.63) is 0 Å². The van der Waals surface area contributed by atoms with Gasteiger partial charge in [0.25, 0.3) is 0 Å². The van der Waals surface area contributed by atoms with Crippen molar-refractivity contribution in [2.24, 2.45) is 0 Å². The fraction of sp³-hybridized carbons (Fsp3) is 0.778. The zero-order valence-electron chi connectivity index (χ0n) is 8.76. The van der Waals surface area contributed by atoms with Crippen LogP contribution in [0, 0.1) is 0 Å². The SMILES string of the molecule is CCCNC(=O)CNCC(=O)OCC. The molecule has 0 aliphatic carbocycles. The molecular weight excluding hydrogens is 184 g/mol. The van der Waals surface area contributed by atoms with Crippen molar-refractivity contribution in [1.29, 1.82) is 0 Å². The summed E-state index contributed by atoms with van der Waals surface area (Å²) in [6.45, 7) is 4.98. The van der Waals surface area contributed by atoms with Crippen LogP contribution in [0.1, 0.15) is 20.3 Å². The molecule has 0 bridgehead atoms. The molecule has 0 heterocycles. The molecule has 0 rings (SSSR count). The molecule has 0 unspecified atom stereocenters. The van der Waals surface area contributed by atoms with Gasteiger partial charge in [-0.1, -0.05) is 6.92 Å². The van der Waals surface area contributed by atoms with E-state index in [2.05, 4.69) is 15.4 Å². The molecule has 5 heteroatoms. The van der Waals surface area contributed by atoms with Gasteiger partial charge in [-0.25, -0.2) is 0 Å². The summed E-state index contributed by atoms with van der Waals surface area (Å²) >= 11 is 0. The first-order chi connectivity index (χ1) is 6.70. The van der Waals surface area contributed by atoms with Gasteiger partial charge in [-0.05, 0) is 13.3 Å². The Labute approximate surface area is 84.2 Å². The third kappa shape index (κ3) is 7.54. The number of amides is 1. The Bertz CT molecular complexity index is 183. The predicted molar refractivity (Wildman–Crippen MR) is 52.8 cm³/mol. The topological polar surface area (TPSA) is 67.4 Å². The third-order valence-electron chi connectivity index (χ3n) is 1.43. The van der Waals surface area contributed by atoms with Gasteiger partial charge in [0.2, 0.25) is 5.91 Å². The van der Waals surface area contributed by atoms with Gasteiger partial charge in [0.05, 0.1) is 19.7 Å². The van der Waals surface area contributed by atoms with Crippen molar-refractivity contribution < 1.29 is 14.3 Å². The zero-order valence-corrected chi connectivity index (χ0v) is 8.76. The first kappa shape index (κ1) is 12.9. The largest absolute Gasteiger partial charge is 0.465 e. The first-order valence-corrected chi connectivity index (χ1v) is 4.83. The van der Waals surface area contributed by atoms with E-state index < -0.39 is 0 Å². The lowest BCUT2D eigenvalue weighted by molar-refractivity contribution is -0.142. The molecule has 0 aromatic rings. The molecule has 0 radical (unpaired) electrons. The van der Waals surface area contributed by atoms with Crippen LogP contribution in [0.4, 0.5) is 0 Å². The van der Waals surface area contributed by atoms with Gasteiger partial charge in [-0.3, -0.25) is 14.9 Å². The molecule has 5 nitrogen and oxygen atoms in total. The maximum atomic E-state index is 11.0. The van der Waals surface area contributed by atoms with E-state index >= 15 is 0 Å². The molecule has 0 saturated carbocycles. The molecule has 0 aromatic heterocycles. The highest BCUT2D eigenvalue weighted by Gasteiger charge is 2.03. The van der Waals surface area contributed by atoms with Gasteiger partial charge in [-0.15, -0.1) is 0 Å². The molecule has 0 aliphatic rings. The number of nitrogens with one attached hydrogen (secondary N) is 2. The van der Waals surface area contributed by atoms with E-state index in [9.17, 15) is 9.59 Å².